The highest BCUT2D eigenvalue weighted by Gasteiger charge is 2.20. The van der Waals surface area contributed by atoms with E-state index in [0.29, 0.717) is 0 Å². The number of nitrogens with two attached hydrogens (primary N) is 1. The maximum absolute atomic E-state index is 5.91. The van der Waals surface area contributed by atoms with Crippen molar-refractivity contribution in [2.75, 3.05) is 6.54 Å². The van der Waals surface area contributed by atoms with E-state index in [2.05, 4.69) is 52.8 Å². The van der Waals surface area contributed by atoms with E-state index in [4.69, 9.17) is 10.5 Å². The standard InChI is InChI=1S/C16H27NO/c1-12(2)18-15-9-8-13(7-6-10-17)11-14(15)16(3,4)5/h8-9,11-12H,6-7,10,17H2,1-5H3. The first-order valence-corrected chi connectivity index (χ1v) is 6.84. The summed E-state index contributed by atoms with van der Waals surface area (Å²) in [4.78, 5) is 0. The molecule has 0 atom stereocenters. The van der Waals surface area contributed by atoms with E-state index in [1.54, 1.807) is 0 Å². The van der Waals surface area contributed by atoms with Crippen LogP contribution in [-0.4, -0.2) is 12.6 Å². The highest BCUT2D eigenvalue weighted by molar-refractivity contribution is 5.41. The molecule has 0 spiro atoms. The quantitative estimate of drug-likeness (QED) is 0.864. The molecule has 1 rings (SSSR count). The minimum atomic E-state index is 0.100. The van der Waals surface area contributed by atoms with Crippen LogP contribution in [0, 0.1) is 0 Å². The Kier molecular flexibility index (Phi) is 5.21. The summed E-state index contributed by atoms with van der Waals surface area (Å²) in [6, 6.07) is 6.53. The maximum Gasteiger partial charge on any atom is 0.123 e. The minimum Gasteiger partial charge on any atom is -0.491 e. The van der Waals surface area contributed by atoms with E-state index < -0.39 is 0 Å². The zero-order valence-electron chi connectivity index (χ0n) is 12.4. The summed E-state index contributed by atoms with van der Waals surface area (Å²) in [6.07, 6.45) is 2.29. The average Bonchev–Trinajstić information content (AvgIpc) is 2.25. The molecule has 0 amide bonds. The Balaban J connectivity index is 3.05. The van der Waals surface area contributed by atoms with Gasteiger partial charge in [0.2, 0.25) is 0 Å². The van der Waals surface area contributed by atoms with Gasteiger partial charge >= 0.3 is 0 Å². The van der Waals surface area contributed by atoms with E-state index in [1.165, 1.54) is 11.1 Å². The zero-order valence-corrected chi connectivity index (χ0v) is 12.4. The van der Waals surface area contributed by atoms with Gasteiger partial charge in [0.15, 0.2) is 0 Å². The van der Waals surface area contributed by atoms with Crippen LogP contribution in [0.25, 0.3) is 0 Å². The Hall–Kier alpha value is -1.02. The predicted octanol–water partition coefficient (Wildman–Crippen LogP) is 3.66. The second-order valence-electron chi connectivity index (χ2n) is 6.14. The van der Waals surface area contributed by atoms with E-state index >= 15 is 0 Å². The molecule has 2 heteroatoms. The van der Waals surface area contributed by atoms with Gasteiger partial charge in [-0.25, -0.2) is 0 Å². The summed E-state index contributed by atoms with van der Waals surface area (Å²) in [5, 5.41) is 0. The van der Waals surface area contributed by atoms with Gasteiger partial charge in [-0.1, -0.05) is 32.9 Å². The molecule has 0 fully saturated rings. The van der Waals surface area contributed by atoms with Crippen LogP contribution in [0.1, 0.15) is 52.2 Å². The fraction of sp³-hybridized carbons (Fsp3) is 0.625. The molecular weight excluding hydrogens is 222 g/mol. The molecule has 0 radical (unpaired) electrons. The van der Waals surface area contributed by atoms with Crippen molar-refractivity contribution >= 4 is 0 Å². The molecule has 0 unspecified atom stereocenters. The SMILES string of the molecule is CC(C)Oc1ccc(CCCN)cc1C(C)(C)C. The van der Waals surface area contributed by atoms with E-state index in [9.17, 15) is 0 Å². The van der Waals surface area contributed by atoms with Crippen molar-refractivity contribution in [2.45, 2.75) is 59.0 Å². The lowest BCUT2D eigenvalue weighted by Gasteiger charge is -2.25. The van der Waals surface area contributed by atoms with Crippen LogP contribution < -0.4 is 10.5 Å². The smallest absolute Gasteiger partial charge is 0.123 e. The molecule has 102 valence electrons. The molecule has 1 aromatic rings. The van der Waals surface area contributed by atoms with Crippen molar-refractivity contribution in [3.05, 3.63) is 29.3 Å². The number of aryl methyl sites for hydroxylation is 1. The average molecular weight is 249 g/mol. The van der Waals surface area contributed by atoms with Crippen LogP contribution in [0.15, 0.2) is 18.2 Å². The van der Waals surface area contributed by atoms with Gasteiger partial charge in [-0.3, -0.25) is 0 Å². The molecular formula is C16H27NO. The molecule has 0 heterocycles. The van der Waals surface area contributed by atoms with Gasteiger partial charge in [0.05, 0.1) is 6.10 Å². The first kappa shape index (κ1) is 15.0. The molecule has 18 heavy (non-hydrogen) atoms. The van der Waals surface area contributed by atoms with Gasteiger partial charge in [0, 0.05) is 0 Å². The topological polar surface area (TPSA) is 35.2 Å². The third-order valence-electron chi connectivity index (χ3n) is 2.88. The van der Waals surface area contributed by atoms with Gasteiger partial charge < -0.3 is 10.5 Å². The van der Waals surface area contributed by atoms with Crippen LogP contribution in [0.2, 0.25) is 0 Å². The molecule has 0 aliphatic carbocycles. The fourth-order valence-electron chi connectivity index (χ4n) is 1.98. The number of benzene rings is 1. The first-order chi connectivity index (χ1) is 8.34. The minimum absolute atomic E-state index is 0.100. The van der Waals surface area contributed by atoms with Crippen LogP contribution in [0.3, 0.4) is 0 Å². The summed E-state index contributed by atoms with van der Waals surface area (Å²) in [5.41, 5.74) is 8.30. The summed E-state index contributed by atoms with van der Waals surface area (Å²) < 4.78 is 5.91. The normalized spacial score (nSPS) is 11.9. The highest BCUT2D eigenvalue weighted by Crippen LogP contribution is 2.33. The van der Waals surface area contributed by atoms with Crippen LogP contribution in [0.4, 0.5) is 0 Å². The van der Waals surface area contributed by atoms with Crippen molar-refractivity contribution in [1.29, 1.82) is 0 Å². The number of hydrogen-bond acceptors (Lipinski definition) is 2. The molecule has 2 nitrogen and oxygen atoms in total. The number of ether oxygens (including phenoxy) is 1. The molecule has 1 aromatic carbocycles. The summed E-state index contributed by atoms with van der Waals surface area (Å²) in [7, 11) is 0. The third-order valence-corrected chi connectivity index (χ3v) is 2.88. The first-order valence-electron chi connectivity index (χ1n) is 6.84. The van der Waals surface area contributed by atoms with Crippen molar-refractivity contribution in [1.82, 2.24) is 0 Å². The van der Waals surface area contributed by atoms with Gasteiger partial charge in [-0.2, -0.15) is 0 Å². The lowest BCUT2D eigenvalue weighted by Crippen LogP contribution is -2.16. The molecule has 2 N–H and O–H groups in total. The van der Waals surface area contributed by atoms with E-state index in [0.717, 1.165) is 25.1 Å². The summed E-state index contributed by atoms with van der Waals surface area (Å²) >= 11 is 0. The number of hydrogen-bond donors (Lipinski definition) is 1. The Labute approximate surface area is 112 Å². The number of rotatable bonds is 5. The van der Waals surface area contributed by atoms with Gasteiger partial charge in [0.1, 0.15) is 5.75 Å². The van der Waals surface area contributed by atoms with E-state index in [1.807, 2.05) is 0 Å². The predicted molar refractivity (Wildman–Crippen MR) is 78.3 cm³/mol. The largest absolute Gasteiger partial charge is 0.491 e. The molecule has 0 aliphatic heterocycles. The second-order valence-corrected chi connectivity index (χ2v) is 6.14. The van der Waals surface area contributed by atoms with Crippen molar-refractivity contribution in [3.8, 4) is 5.75 Å². The van der Waals surface area contributed by atoms with Crippen molar-refractivity contribution < 1.29 is 4.74 Å². The highest BCUT2D eigenvalue weighted by atomic mass is 16.5. The molecule has 0 saturated heterocycles. The second kappa shape index (κ2) is 6.24. The summed E-state index contributed by atoms with van der Waals surface area (Å²) in [5.74, 6) is 1.01. The molecule has 0 bridgehead atoms. The lowest BCUT2D eigenvalue weighted by atomic mass is 9.85. The zero-order chi connectivity index (χ0) is 13.8. The lowest BCUT2D eigenvalue weighted by molar-refractivity contribution is 0.236. The fourth-order valence-corrected chi connectivity index (χ4v) is 1.98. The van der Waals surface area contributed by atoms with Gasteiger partial charge in [-0.15, -0.1) is 0 Å². The van der Waals surface area contributed by atoms with Gasteiger partial charge in [0.25, 0.3) is 0 Å². The van der Waals surface area contributed by atoms with E-state index in [-0.39, 0.29) is 11.5 Å². The van der Waals surface area contributed by atoms with Gasteiger partial charge in [-0.05, 0) is 55.8 Å². The Morgan fingerprint density at radius 1 is 1.22 bits per heavy atom. The van der Waals surface area contributed by atoms with Crippen molar-refractivity contribution in [3.63, 3.8) is 0 Å². The third kappa shape index (κ3) is 4.34. The Morgan fingerprint density at radius 3 is 2.39 bits per heavy atom. The van der Waals surface area contributed by atoms with Crippen LogP contribution in [-0.2, 0) is 11.8 Å². The monoisotopic (exact) mass is 249 g/mol. The van der Waals surface area contributed by atoms with Crippen LogP contribution in [0.5, 0.6) is 5.75 Å². The Morgan fingerprint density at radius 2 is 1.89 bits per heavy atom. The molecule has 0 saturated carbocycles. The molecule has 0 aliphatic rings. The van der Waals surface area contributed by atoms with Crippen LogP contribution >= 0.6 is 0 Å². The summed E-state index contributed by atoms with van der Waals surface area (Å²) in [6.45, 7) is 11.5. The van der Waals surface area contributed by atoms with Crippen molar-refractivity contribution in [2.24, 2.45) is 5.73 Å². The molecule has 0 aromatic heterocycles. The Bertz CT molecular complexity index is 377. The maximum atomic E-state index is 5.91.